The molecular formula is C40H48N4O8. The van der Waals surface area contributed by atoms with Crippen molar-refractivity contribution in [2.45, 2.75) is 70.9 Å². The second-order valence-electron chi connectivity index (χ2n) is 14.2. The fraction of sp³-hybridized carbons (Fsp3) is 0.450. The van der Waals surface area contributed by atoms with Crippen LogP contribution in [0.1, 0.15) is 42.8 Å². The number of aromatic nitrogens is 2. The monoisotopic (exact) mass is 712 g/mol. The molecule has 2 fully saturated rings. The Hall–Kier alpha value is -4.62. The molecule has 0 saturated carbocycles. The van der Waals surface area contributed by atoms with E-state index in [1.807, 2.05) is 66.9 Å². The van der Waals surface area contributed by atoms with Gasteiger partial charge in [-0.2, -0.15) is 0 Å². The summed E-state index contributed by atoms with van der Waals surface area (Å²) in [5.41, 5.74) is 3.17. The summed E-state index contributed by atoms with van der Waals surface area (Å²) >= 11 is 0. The normalized spacial score (nSPS) is 20.2. The lowest BCUT2D eigenvalue weighted by Crippen LogP contribution is -2.50. The number of ether oxygens (including phenoxy) is 6. The number of hydrogen-bond acceptors (Lipinski definition) is 10. The van der Waals surface area contributed by atoms with Crippen molar-refractivity contribution in [1.29, 1.82) is 0 Å². The van der Waals surface area contributed by atoms with Crippen LogP contribution < -0.4 is 19.5 Å². The van der Waals surface area contributed by atoms with Gasteiger partial charge < -0.3 is 43.4 Å². The highest BCUT2D eigenvalue weighted by Gasteiger charge is 2.44. The zero-order valence-corrected chi connectivity index (χ0v) is 29.8. The van der Waals surface area contributed by atoms with Crippen LogP contribution in [0, 0.1) is 11.8 Å². The Balaban J connectivity index is 1.01. The van der Waals surface area contributed by atoms with Crippen molar-refractivity contribution < 1.29 is 38.3 Å². The minimum atomic E-state index is -0.901. The highest BCUT2D eigenvalue weighted by atomic mass is 16.7. The fourth-order valence-corrected chi connectivity index (χ4v) is 7.09. The standard InChI is InChI=1S/C40H48N4O8/c1-27(2)20-43(21-30-10-13-35-36(19-30)51-26-50-35)23-34(45)33(42-40(46)52-37-24-49-39-32(37)14-17-47-39)18-28-8-11-31(12-9-28)48-25-38-41-15-16-44(38)22-29-6-4-3-5-7-29/h3-13,15-16,19,27,32-34,37,39,45H,14,17-18,20-26H2,1-2H3,(H,42,46). The first-order valence-corrected chi connectivity index (χ1v) is 18.1. The van der Waals surface area contributed by atoms with Gasteiger partial charge in [0, 0.05) is 38.6 Å². The first-order chi connectivity index (χ1) is 25.4. The summed E-state index contributed by atoms with van der Waals surface area (Å²) in [4.78, 5) is 20.0. The van der Waals surface area contributed by atoms with Gasteiger partial charge in [-0.3, -0.25) is 4.90 Å². The van der Waals surface area contributed by atoms with Crippen molar-refractivity contribution in [2.75, 3.05) is 33.1 Å². The maximum Gasteiger partial charge on any atom is 0.407 e. The predicted octanol–water partition coefficient (Wildman–Crippen LogP) is 5.16. The molecule has 0 spiro atoms. The molecule has 12 nitrogen and oxygen atoms in total. The molecule has 2 N–H and O–H groups in total. The lowest BCUT2D eigenvalue weighted by atomic mass is 10.00. The Morgan fingerprint density at radius 3 is 2.63 bits per heavy atom. The van der Waals surface area contributed by atoms with E-state index < -0.39 is 24.3 Å². The number of fused-ring (bicyclic) bond motifs is 2. The Labute approximate surface area is 304 Å². The van der Waals surface area contributed by atoms with Gasteiger partial charge in [-0.25, -0.2) is 9.78 Å². The lowest BCUT2D eigenvalue weighted by molar-refractivity contribution is -0.0907. The zero-order valence-electron chi connectivity index (χ0n) is 29.8. The number of imidazole rings is 1. The van der Waals surface area contributed by atoms with Crippen LogP contribution in [0.2, 0.25) is 0 Å². The van der Waals surface area contributed by atoms with E-state index in [0.29, 0.717) is 57.5 Å². The number of carbonyl (C=O) groups excluding carboxylic acids is 1. The summed E-state index contributed by atoms with van der Waals surface area (Å²) in [6.45, 7) is 8.11. The number of nitrogens with zero attached hydrogens (tertiary/aromatic N) is 3. The minimum Gasteiger partial charge on any atom is -0.486 e. The maximum atomic E-state index is 13.3. The van der Waals surface area contributed by atoms with E-state index >= 15 is 0 Å². The molecule has 12 heteroatoms. The number of rotatable bonds is 16. The van der Waals surface area contributed by atoms with Gasteiger partial charge in [-0.05, 0) is 59.7 Å². The van der Waals surface area contributed by atoms with Crippen LogP contribution in [0.3, 0.4) is 0 Å². The number of aliphatic hydroxyl groups excluding tert-OH is 1. The van der Waals surface area contributed by atoms with Crippen LogP contribution >= 0.6 is 0 Å². The van der Waals surface area contributed by atoms with Crippen LogP contribution in [0.25, 0.3) is 0 Å². The van der Waals surface area contributed by atoms with Gasteiger partial charge in [0.05, 0.1) is 31.3 Å². The van der Waals surface area contributed by atoms with Gasteiger partial charge in [-0.1, -0.05) is 62.4 Å². The van der Waals surface area contributed by atoms with E-state index in [-0.39, 0.29) is 19.0 Å². The number of aliphatic hydroxyl groups is 1. The smallest absolute Gasteiger partial charge is 0.407 e. The summed E-state index contributed by atoms with van der Waals surface area (Å²) in [5, 5.41) is 14.8. The van der Waals surface area contributed by atoms with Gasteiger partial charge in [0.1, 0.15) is 24.3 Å². The van der Waals surface area contributed by atoms with Crippen molar-refractivity contribution in [1.82, 2.24) is 19.8 Å². The fourth-order valence-electron chi connectivity index (χ4n) is 7.09. The molecule has 1 aromatic heterocycles. The second-order valence-corrected chi connectivity index (χ2v) is 14.2. The average Bonchev–Trinajstić information content (AvgIpc) is 3.95. The first kappa shape index (κ1) is 35.8. The molecule has 4 aromatic rings. The van der Waals surface area contributed by atoms with Crippen molar-refractivity contribution >= 4 is 6.09 Å². The highest BCUT2D eigenvalue weighted by molar-refractivity contribution is 5.68. The number of hydrogen-bond donors (Lipinski definition) is 2. The molecule has 0 bridgehead atoms. The predicted molar refractivity (Wildman–Crippen MR) is 192 cm³/mol. The number of carbonyl (C=O) groups is 1. The van der Waals surface area contributed by atoms with Crippen LogP contribution in [0.15, 0.2) is 85.2 Å². The molecule has 1 amide bonds. The Kier molecular flexibility index (Phi) is 11.6. The molecule has 0 radical (unpaired) electrons. The summed E-state index contributed by atoms with van der Waals surface area (Å²) in [6, 6.07) is 23.3. The largest absolute Gasteiger partial charge is 0.486 e. The van der Waals surface area contributed by atoms with Gasteiger partial charge in [0.15, 0.2) is 17.8 Å². The van der Waals surface area contributed by atoms with E-state index in [9.17, 15) is 9.90 Å². The van der Waals surface area contributed by atoms with E-state index in [4.69, 9.17) is 28.4 Å². The third-order valence-electron chi connectivity index (χ3n) is 9.67. The Morgan fingerprint density at radius 2 is 1.81 bits per heavy atom. The molecule has 3 aliphatic heterocycles. The molecule has 3 aliphatic rings. The van der Waals surface area contributed by atoms with Crippen LogP contribution in [0.5, 0.6) is 17.2 Å². The van der Waals surface area contributed by atoms with E-state index in [2.05, 4.69) is 45.7 Å². The molecular weight excluding hydrogens is 664 g/mol. The SMILES string of the molecule is CC(C)CN(Cc1ccc2c(c1)OCO2)CC(O)C(Cc1ccc(OCc2nccn2Cc2ccccc2)cc1)NC(=O)OC1COC2OCCC12. The summed E-state index contributed by atoms with van der Waals surface area (Å²) in [7, 11) is 0. The van der Waals surface area contributed by atoms with Crippen LogP contribution in [-0.2, 0) is 40.3 Å². The van der Waals surface area contributed by atoms with Crippen molar-refractivity contribution in [2.24, 2.45) is 11.8 Å². The van der Waals surface area contributed by atoms with Gasteiger partial charge >= 0.3 is 6.09 Å². The van der Waals surface area contributed by atoms with E-state index in [1.165, 1.54) is 5.56 Å². The summed E-state index contributed by atoms with van der Waals surface area (Å²) in [5.74, 6) is 3.35. The highest BCUT2D eigenvalue weighted by Crippen LogP contribution is 2.34. The number of benzene rings is 3. The number of nitrogens with one attached hydrogen (secondary N) is 1. The van der Waals surface area contributed by atoms with Crippen molar-refractivity contribution in [3.8, 4) is 17.2 Å². The molecule has 5 unspecified atom stereocenters. The lowest BCUT2D eigenvalue weighted by Gasteiger charge is -2.31. The van der Waals surface area contributed by atoms with Crippen molar-refractivity contribution in [3.05, 3.63) is 108 Å². The third kappa shape index (κ3) is 9.23. The van der Waals surface area contributed by atoms with Crippen molar-refractivity contribution in [3.63, 3.8) is 0 Å². The van der Waals surface area contributed by atoms with Gasteiger partial charge in [-0.15, -0.1) is 0 Å². The third-order valence-corrected chi connectivity index (χ3v) is 9.67. The topological polar surface area (TPSA) is 126 Å². The quantitative estimate of drug-likeness (QED) is 0.161. The van der Waals surface area contributed by atoms with Gasteiger partial charge in [0.2, 0.25) is 6.79 Å². The van der Waals surface area contributed by atoms with Crippen LogP contribution in [-0.4, -0.2) is 83.3 Å². The maximum absolute atomic E-state index is 13.3. The molecule has 0 aliphatic carbocycles. The molecule has 2 saturated heterocycles. The first-order valence-electron chi connectivity index (χ1n) is 18.1. The second kappa shape index (κ2) is 16.8. The van der Waals surface area contributed by atoms with E-state index in [0.717, 1.165) is 41.4 Å². The molecule has 4 heterocycles. The molecule has 7 rings (SSSR count). The average molecular weight is 713 g/mol. The van der Waals surface area contributed by atoms with Gasteiger partial charge in [0.25, 0.3) is 0 Å². The molecule has 5 atom stereocenters. The number of amides is 1. The Bertz CT molecular complexity index is 1750. The molecule has 52 heavy (non-hydrogen) atoms. The minimum absolute atomic E-state index is 0.0151. The molecule has 3 aromatic carbocycles. The molecule has 276 valence electrons. The summed E-state index contributed by atoms with van der Waals surface area (Å²) < 4.78 is 36.4. The zero-order chi connectivity index (χ0) is 35.9. The van der Waals surface area contributed by atoms with Crippen LogP contribution in [0.4, 0.5) is 4.79 Å². The Morgan fingerprint density at radius 1 is 1.00 bits per heavy atom. The number of alkyl carbamates (subject to hydrolysis) is 1. The summed E-state index contributed by atoms with van der Waals surface area (Å²) in [6.07, 6.45) is 2.69. The van der Waals surface area contributed by atoms with E-state index in [1.54, 1.807) is 6.20 Å².